The van der Waals surface area contributed by atoms with E-state index >= 15 is 0 Å². The summed E-state index contributed by atoms with van der Waals surface area (Å²) in [7, 11) is 0. The van der Waals surface area contributed by atoms with E-state index in [-0.39, 0.29) is 18.9 Å². The number of hydrogen-bond acceptors (Lipinski definition) is 3. The molecule has 0 fully saturated rings. The van der Waals surface area contributed by atoms with E-state index in [0.29, 0.717) is 12.5 Å². The summed E-state index contributed by atoms with van der Waals surface area (Å²) in [6.45, 7) is 3.64. The molecule has 0 rings (SSSR count). The SMILES string of the molecule is CC(C)CONC(=O)CCOCC(F)F. The molecule has 0 aliphatic carbocycles. The first kappa shape index (κ1) is 14.2. The van der Waals surface area contributed by atoms with Gasteiger partial charge in [0, 0.05) is 0 Å². The highest BCUT2D eigenvalue weighted by atomic mass is 19.3. The maximum absolute atomic E-state index is 11.6. The molecule has 15 heavy (non-hydrogen) atoms. The molecule has 0 unspecified atom stereocenters. The predicted octanol–water partition coefficient (Wildman–Crippen LogP) is 1.36. The Balaban J connectivity index is 3.26. The number of ether oxygens (including phenoxy) is 1. The Hall–Kier alpha value is -0.750. The van der Waals surface area contributed by atoms with Crippen molar-refractivity contribution in [2.45, 2.75) is 26.7 Å². The third-order valence-electron chi connectivity index (χ3n) is 1.32. The Bertz CT molecular complexity index is 177. The number of hydrogen-bond donors (Lipinski definition) is 1. The van der Waals surface area contributed by atoms with E-state index in [4.69, 9.17) is 4.84 Å². The molecule has 4 nitrogen and oxygen atoms in total. The third kappa shape index (κ3) is 11.2. The number of carbonyl (C=O) groups excluding carboxylic acids is 1. The lowest BCUT2D eigenvalue weighted by Crippen LogP contribution is -2.26. The number of amides is 1. The van der Waals surface area contributed by atoms with Crippen LogP contribution in [0.1, 0.15) is 20.3 Å². The Morgan fingerprint density at radius 3 is 2.53 bits per heavy atom. The van der Waals surface area contributed by atoms with E-state index in [1.807, 2.05) is 13.8 Å². The van der Waals surface area contributed by atoms with Crippen molar-refractivity contribution >= 4 is 5.91 Å². The fourth-order valence-electron chi connectivity index (χ4n) is 0.677. The zero-order chi connectivity index (χ0) is 11.7. The summed E-state index contributed by atoms with van der Waals surface area (Å²) in [5.74, 6) is -0.0506. The van der Waals surface area contributed by atoms with Crippen LogP contribution in [0.5, 0.6) is 0 Å². The second-order valence-corrected chi connectivity index (χ2v) is 3.45. The van der Waals surface area contributed by atoms with Crippen LogP contribution in [0.25, 0.3) is 0 Å². The normalized spacial score (nSPS) is 11.1. The topological polar surface area (TPSA) is 47.6 Å². The van der Waals surface area contributed by atoms with Gasteiger partial charge in [0.15, 0.2) is 0 Å². The molecule has 0 aromatic carbocycles. The monoisotopic (exact) mass is 225 g/mol. The van der Waals surface area contributed by atoms with Gasteiger partial charge in [0.25, 0.3) is 6.43 Å². The molecule has 1 amide bonds. The minimum absolute atomic E-state index is 0.0187. The summed E-state index contributed by atoms with van der Waals surface area (Å²) in [4.78, 5) is 15.8. The summed E-state index contributed by atoms with van der Waals surface area (Å²) in [5.41, 5.74) is 2.20. The highest BCUT2D eigenvalue weighted by Gasteiger charge is 2.05. The minimum atomic E-state index is -2.50. The van der Waals surface area contributed by atoms with E-state index in [1.165, 1.54) is 0 Å². The average Bonchev–Trinajstić information content (AvgIpc) is 2.11. The molecule has 0 radical (unpaired) electrons. The van der Waals surface area contributed by atoms with Gasteiger partial charge in [-0.25, -0.2) is 14.3 Å². The second kappa shape index (κ2) is 8.55. The zero-order valence-corrected chi connectivity index (χ0v) is 8.96. The van der Waals surface area contributed by atoms with Gasteiger partial charge in [-0.05, 0) is 5.92 Å². The van der Waals surface area contributed by atoms with E-state index in [1.54, 1.807) is 0 Å². The van der Waals surface area contributed by atoms with Gasteiger partial charge < -0.3 is 4.74 Å². The Morgan fingerprint density at radius 1 is 1.33 bits per heavy atom. The van der Waals surface area contributed by atoms with Crippen LogP contribution in [-0.2, 0) is 14.4 Å². The van der Waals surface area contributed by atoms with Crippen molar-refractivity contribution in [3.8, 4) is 0 Å². The molecule has 0 aliphatic heterocycles. The number of carbonyl (C=O) groups is 1. The fourth-order valence-corrected chi connectivity index (χ4v) is 0.677. The van der Waals surface area contributed by atoms with Crippen molar-refractivity contribution < 1.29 is 23.1 Å². The molecular formula is C9H17F2NO3. The van der Waals surface area contributed by atoms with E-state index < -0.39 is 13.0 Å². The van der Waals surface area contributed by atoms with Gasteiger partial charge in [-0.1, -0.05) is 13.8 Å². The standard InChI is InChI=1S/C9H17F2NO3/c1-7(2)5-15-12-9(13)3-4-14-6-8(10)11/h7-8H,3-6H2,1-2H3,(H,12,13). The summed E-state index contributed by atoms with van der Waals surface area (Å²) < 4.78 is 27.7. The molecule has 90 valence electrons. The van der Waals surface area contributed by atoms with Gasteiger partial charge in [-0.15, -0.1) is 0 Å². The van der Waals surface area contributed by atoms with Gasteiger partial charge in [-0.3, -0.25) is 9.63 Å². The zero-order valence-electron chi connectivity index (χ0n) is 8.96. The fraction of sp³-hybridized carbons (Fsp3) is 0.889. The van der Waals surface area contributed by atoms with Crippen LogP contribution in [0.2, 0.25) is 0 Å². The molecule has 0 heterocycles. The van der Waals surface area contributed by atoms with Crippen LogP contribution in [0, 0.1) is 5.92 Å². The number of halogens is 2. The van der Waals surface area contributed by atoms with Gasteiger partial charge in [0.2, 0.25) is 5.91 Å². The lowest BCUT2D eigenvalue weighted by Gasteiger charge is -2.07. The van der Waals surface area contributed by atoms with Crippen LogP contribution in [0.15, 0.2) is 0 Å². The van der Waals surface area contributed by atoms with Crippen LogP contribution >= 0.6 is 0 Å². The molecule has 0 bridgehead atoms. The molecule has 0 saturated heterocycles. The molecule has 0 saturated carbocycles. The quantitative estimate of drug-likeness (QED) is 0.501. The Labute approximate surface area is 87.9 Å². The van der Waals surface area contributed by atoms with Gasteiger partial charge in [-0.2, -0.15) is 0 Å². The molecule has 0 aromatic rings. The van der Waals surface area contributed by atoms with Crippen molar-refractivity contribution in [2.24, 2.45) is 5.92 Å². The van der Waals surface area contributed by atoms with Crippen LogP contribution in [-0.4, -0.2) is 32.2 Å². The van der Waals surface area contributed by atoms with E-state index in [9.17, 15) is 13.6 Å². The molecule has 0 aromatic heterocycles. The molecule has 0 atom stereocenters. The van der Waals surface area contributed by atoms with Crippen molar-refractivity contribution in [2.75, 3.05) is 19.8 Å². The number of nitrogens with one attached hydrogen (secondary N) is 1. The highest BCUT2D eigenvalue weighted by Crippen LogP contribution is 1.94. The van der Waals surface area contributed by atoms with Gasteiger partial charge in [0.1, 0.15) is 6.61 Å². The molecule has 1 N–H and O–H groups in total. The van der Waals surface area contributed by atoms with Crippen molar-refractivity contribution in [1.82, 2.24) is 5.48 Å². The third-order valence-corrected chi connectivity index (χ3v) is 1.32. The largest absolute Gasteiger partial charge is 0.375 e. The molecule has 0 spiro atoms. The predicted molar refractivity (Wildman–Crippen MR) is 50.4 cm³/mol. The first-order valence-corrected chi connectivity index (χ1v) is 4.79. The molecular weight excluding hydrogens is 208 g/mol. The van der Waals surface area contributed by atoms with E-state index in [2.05, 4.69) is 10.2 Å². The Morgan fingerprint density at radius 2 is 2.00 bits per heavy atom. The first-order chi connectivity index (χ1) is 7.02. The van der Waals surface area contributed by atoms with Crippen LogP contribution in [0.3, 0.4) is 0 Å². The number of hydroxylamine groups is 1. The lowest BCUT2D eigenvalue weighted by molar-refractivity contribution is -0.135. The lowest BCUT2D eigenvalue weighted by atomic mass is 10.2. The first-order valence-electron chi connectivity index (χ1n) is 4.79. The summed E-state index contributed by atoms with van der Waals surface area (Å²) in [5, 5.41) is 0. The highest BCUT2D eigenvalue weighted by molar-refractivity contribution is 5.74. The minimum Gasteiger partial charge on any atom is -0.375 e. The average molecular weight is 225 g/mol. The van der Waals surface area contributed by atoms with Gasteiger partial charge >= 0.3 is 0 Å². The number of rotatable bonds is 8. The maximum Gasteiger partial charge on any atom is 0.261 e. The molecule has 0 aliphatic rings. The van der Waals surface area contributed by atoms with Crippen molar-refractivity contribution in [3.63, 3.8) is 0 Å². The van der Waals surface area contributed by atoms with E-state index in [0.717, 1.165) is 0 Å². The Kier molecular flexibility index (Phi) is 8.12. The second-order valence-electron chi connectivity index (χ2n) is 3.45. The van der Waals surface area contributed by atoms with Crippen LogP contribution in [0.4, 0.5) is 8.78 Å². The van der Waals surface area contributed by atoms with Crippen LogP contribution < -0.4 is 5.48 Å². The summed E-state index contributed by atoms with van der Waals surface area (Å²) >= 11 is 0. The molecule has 6 heteroatoms. The maximum atomic E-state index is 11.6. The smallest absolute Gasteiger partial charge is 0.261 e. The summed E-state index contributed by atoms with van der Waals surface area (Å²) in [6.07, 6.45) is -2.48. The van der Waals surface area contributed by atoms with Gasteiger partial charge in [0.05, 0.1) is 19.6 Å². The van der Waals surface area contributed by atoms with Crippen molar-refractivity contribution in [1.29, 1.82) is 0 Å². The summed E-state index contributed by atoms with van der Waals surface area (Å²) in [6, 6.07) is 0. The van der Waals surface area contributed by atoms with Crippen molar-refractivity contribution in [3.05, 3.63) is 0 Å². The number of alkyl halides is 2.